The van der Waals surface area contributed by atoms with Gasteiger partial charge in [-0.05, 0) is 24.3 Å². The molecule has 1 aliphatic rings. The Hall–Kier alpha value is -1.89. The van der Waals surface area contributed by atoms with Crippen LogP contribution in [0.1, 0.15) is 0 Å². The lowest BCUT2D eigenvalue weighted by Crippen LogP contribution is -3.10. The van der Waals surface area contributed by atoms with E-state index in [1.807, 2.05) is 18.2 Å². The Balaban J connectivity index is 1.70. The van der Waals surface area contributed by atoms with Crippen LogP contribution in [0.3, 0.4) is 0 Å². The van der Waals surface area contributed by atoms with Gasteiger partial charge in [-0.2, -0.15) is 4.31 Å². The zero-order chi connectivity index (χ0) is 15.6. The van der Waals surface area contributed by atoms with Gasteiger partial charge in [0.25, 0.3) is 0 Å². The molecule has 0 unspecified atom stereocenters. The van der Waals surface area contributed by atoms with E-state index in [0.717, 1.165) is 18.8 Å². The number of piperazine rings is 1. The highest BCUT2D eigenvalue weighted by molar-refractivity contribution is 7.89. The molecular weight excluding hydrogens is 300 g/mol. The fraction of sp³-hybridized carbons (Fsp3) is 0.250. The highest BCUT2D eigenvalue weighted by Gasteiger charge is 2.30. The van der Waals surface area contributed by atoms with Crippen molar-refractivity contribution in [2.45, 2.75) is 4.90 Å². The molecule has 22 heavy (non-hydrogen) atoms. The van der Waals surface area contributed by atoms with Crippen molar-refractivity contribution in [1.29, 1.82) is 0 Å². The molecule has 1 heterocycles. The van der Waals surface area contributed by atoms with Gasteiger partial charge in [-0.1, -0.05) is 18.2 Å². The molecular formula is C16H19N2O3S+. The van der Waals surface area contributed by atoms with Crippen LogP contribution in [0.4, 0.5) is 5.69 Å². The number of phenols is 1. The third-order valence-corrected chi connectivity index (χ3v) is 5.90. The van der Waals surface area contributed by atoms with Gasteiger partial charge in [0.05, 0.1) is 31.1 Å². The molecule has 0 amide bonds. The molecule has 2 aromatic rings. The van der Waals surface area contributed by atoms with Crippen LogP contribution in [0.15, 0.2) is 59.5 Å². The van der Waals surface area contributed by atoms with Crippen LogP contribution in [0.5, 0.6) is 5.75 Å². The minimum absolute atomic E-state index is 0.244. The fourth-order valence-corrected chi connectivity index (χ4v) is 4.19. The second-order valence-corrected chi connectivity index (χ2v) is 7.31. The minimum Gasteiger partial charge on any atom is -0.508 e. The normalized spacial score (nSPS) is 17.5. The average molecular weight is 319 g/mol. The zero-order valence-corrected chi connectivity index (χ0v) is 13.0. The number of sulfonamides is 1. The maximum absolute atomic E-state index is 12.6. The van der Waals surface area contributed by atoms with Crippen LogP contribution in [0.25, 0.3) is 0 Å². The standard InChI is InChI=1S/C16H18N2O3S/c19-15-8-6-14(7-9-15)17-10-12-18(13-11-17)22(20,21)16-4-2-1-3-5-16/h1-9,19H,10-13H2/p+1. The number of benzene rings is 2. The Kier molecular flexibility index (Phi) is 4.15. The first kappa shape index (κ1) is 15.0. The quantitative estimate of drug-likeness (QED) is 0.815. The largest absolute Gasteiger partial charge is 0.508 e. The van der Waals surface area contributed by atoms with Crippen molar-refractivity contribution in [3.63, 3.8) is 0 Å². The Labute approximate surface area is 130 Å². The predicted molar refractivity (Wildman–Crippen MR) is 83.7 cm³/mol. The van der Waals surface area contributed by atoms with Crippen LogP contribution in [0.2, 0.25) is 0 Å². The topological polar surface area (TPSA) is 62.0 Å². The molecule has 5 nitrogen and oxygen atoms in total. The molecule has 0 saturated carbocycles. The van der Waals surface area contributed by atoms with Crippen LogP contribution in [-0.4, -0.2) is 44.0 Å². The molecule has 0 spiro atoms. The third kappa shape index (κ3) is 2.99. The van der Waals surface area contributed by atoms with Crippen LogP contribution < -0.4 is 4.90 Å². The van der Waals surface area contributed by atoms with Gasteiger partial charge in [-0.25, -0.2) is 8.42 Å². The monoisotopic (exact) mass is 319 g/mol. The molecule has 0 atom stereocenters. The molecule has 3 rings (SSSR count). The lowest BCUT2D eigenvalue weighted by molar-refractivity contribution is -0.837. The van der Waals surface area contributed by atoms with Gasteiger partial charge in [-0.15, -0.1) is 0 Å². The lowest BCUT2D eigenvalue weighted by Gasteiger charge is -2.31. The summed E-state index contributed by atoms with van der Waals surface area (Å²) in [5, 5.41) is 9.33. The molecule has 0 radical (unpaired) electrons. The Morgan fingerprint density at radius 2 is 1.50 bits per heavy atom. The van der Waals surface area contributed by atoms with Gasteiger partial charge in [0.1, 0.15) is 11.4 Å². The highest BCUT2D eigenvalue weighted by Crippen LogP contribution is 2.16. The van der Waals surface area contributed by atoms with E-state index in [9.17, 15) is 13.5 Å². The second-order valence-electron chi connectivity index (χ2n) is 5.37. The summed E-state index contributed by atoms with van der Waals surface area (Å²) >= 11 is 0. The summed E-state index contributed by atoms with van der Waals surface area (Å²) in [5.74, 6) is 0.244. The molecule has 0 aliphatic carbocycles. The average Bonchev–Trinajstić information content (AvgIpc) is 2.56. The second kappa shape index (κ2) is 6.08. The van der Waals surface area contributed by atoms with E-state index in [1.54, 1.807) is 40.7 Å². The number of phenolic OH excluding ortho intramolecular Hbond substituents is 1. The summed E-state index contributed by atoms with van der Waals surface area (Å²) < 4.78 is 26.7. The molecule has 0 aromatic heterocycles. The maximum atomic E-state index is 12.6. The van der Waals surface area contributed by atoms with E-state index < -0.39 is 10.0 Å². The van der Waals surface area contributed by atoms with Gasteiger partial charge in [0.2, 0.25) is 10.0 Å². The summed E-state index contributed by atoms with van der Waals surface area (Å²) in [6, 6.07) is 15.6. The number of aromatic hydroxyl groups is 1. The molecule has 0 bridgehead atoms. The van der Waals surface area contributed by atoms with Crippen LogP contribution in [0, 0.1) is 0 Å². The van der Waals surface area contributed by atoms with E-state index in [4.69, 9.17) is 0 Å². The molecule has 2 aromatic carbocycles. The van der Waals surface area contributed by atoms with Crippen molar-refractivity contribution < 1.29 is 18.4 Å². The molecule has 6 heteroatoms. The first-order valence-electron chi connectivity index (χ1n) is 7.27. The predicted octanol–water partition coefficient (Wildman–Crippen LogP) is 0.613. The number of rotatable bonds is 3. The minimum atomic E-state index is -3.39. The van der Waals surface area contributed by atoms with Gasteiger partial charge < -0.3 is 10.0 Å². The Bertz CT molecular complexity index is 722. The van der Waals surface area contributed by atoms with Crippen molar-refractivity contribution in [2.75, 3.05) is 26.2 Å². The lowest BCUT2D eigenvalue weighted by atomic mass is 10.2. The SMILES string of the molecule is O=S(=O)(c1ccccc1)N1CC[NH+](c2ccc(O)cc2)CC1. The molecule has 2 N–H and O–H groups in total. The molecule has 1 saturated heterocycles. The number of nitrogens with one attached hydrogen (secondary N) is 1. The summed E-state index contributed by atoms with van der Waals surface area (Å²) in [5.41, 5.74) is 1.08. The summed E-state index contributed by atoms with van der Waals surface area (Å²) in [6.45, 7) is 2.43. The van der Waals surface area contributed by atoms with Crippen molar-refractivity contribution >= 4 is 15.7 Å². The van der Waals surface area contributed by atoms with E-state index in [0.29, 0.717) is 18.0 Å². The highest BCUT2D eigenvalue weighted by atomic mass is 32.2. The number of quaternary nitrogens is 1. The smallest absolute Gasteiger partial charge is 0.243 e. The van der Waals surface area contributed by atoms with Crippen molar-refractivity contribution in [3.8, 4) is 5.75 Å². The summed E-state index contributed by atoms with van der Waals surface area (Å²) in [4.78, 5) is 1.59. The molecule has 116 valence electrons. The first-order valence-corrected chi connectivity index (χ1v) is 8.71. The van der Waals surface area contributed by atoms with Crippen molar-refractivity contribution in [2.24, 2.45) is 0 Å². The van der Waals surface area contributed by atoms with E-state index in [1.165, 1.54) is 4.90 Å². The summed E-state index contributed by atoms with van der Waals surface area (Å²) in [6.07, 6.45) is 0. The van der Waals surface area contributed by atoms with Gasteiger partial charge in [0, 0.05) is 12.1 Å². The number of hydrogen-bond donors (Lipinski definition) is 2. The Morgan fingerprint density at radius 1 is 0.909 bits per heavy atom. The van der Waals surface area contributed by atoms with Crippen LogP contribution >= 0.6 is 0 Å². The first-order chi connectivity index (χ1) is 10.6. The zero-order valence-electron chi connectivity index (χ0n) is 12.1. The Morgan fingerprint density at radius 3 is 2.09 bits per heavy atom. The van der Waals surface area contributed by atoms with Gasteiger partial charge in [-0.3, -0.25) is 0 Å². The third-order valence-electron chi connectivity index (χ3n) is 3.98. The van der Waals surface area contributed by atoms with Crippen molar-refractivity contribution in [1.82, 2.24) is 4.31 Å². The number of nitrogens with zero attached hydrogens (tertiary/aromatic N) is 1. The van der Waals surface area contributed by atoms with E-state index in [2.05, 4.69) is 0 Å². The summed E-state index contributed by atoms with van der Waals surface area (Å²) in [7, 11) is -3.39. The van der Waals surface area contributed by atoms with Gasteiger partial charge in [0.15, 0.2) is 0 Å². The molecule has 1 fully saturated rings. The fourth-order valence-electron chi connectivity index (χ4n) is 2.72. The van der Waals surface area contributed by atoms with E-state index in [-0.39, 0.29) is 5.75 Å². The van der Waals surface area contributed by atoms with Crippen LogP contribution in [-0.2, 0) is 10.0 Å². The van der Waals surface area contributed by atoms with Gasteiger partial charge >= 0.3 is 0 Å². The molecule has 1 aliphatic heterocycles. The maximum Gasteiger partial charge on any atom is 0.243 e. The van der Waals surface area contributed by atoms with Crippen molar-refractivity contribution in [3.05, 3.63) is 54.6 Å². The number of hydrogen-bond acceptors (Lipinski definition) is 3. The van der Waals surface area contributed by atoms with E-state index >= 15 is 0 Å².